The molecule has 0 saturated carbocycles. The third-order valence-corrected chi connectivity index (χ3v) is 5.65. The summed E-state index contributed by atoms with van der Waals surface area (Å²) in [6, 6.07) is 3.43. The van der Waals surface area contributed by atoms with Gasteiger partial charge in [-0.05, 0) is 57.1 Å². The van der Waals surface area contributed by atoms with E-state index in [1.54, 1.807) is 19.1 Å². The lowest BCUT2D eigenvalue weighted by Gasteiger charge is -2.17. The summed E-state index contributed by atoms with van der Waals surface area (Å²) in [6.07, 6.45) is 0. The van der Waals surface area contributed by atoms with E-state index in [2.05, 4.69) is 23.5 Å². The van der Waals surface area contributed by atoms with Crippen LogP contribution in [0.1, 0.15) is 31.9 Å². The van der Waals surface area contributed by atoms with E-state index in [-0.39, 0.29) is 11.4 Å². The maximum absolute atomic E-state index is 12.5. The van der Waals surface area contributed by atoms with E-state index >= 15 is 0 Å². The van der Waals surface area contributed by atoms with Crippen LogP contribution >= 0.6 is 0 Å². The van der Waals surface area contributed by atoms with Gasteiger partial charge in [0.25, 0.3) is 0 Å². The van der Waals surface area contributed by atoms with Crippen LogP contribution in [0.3, 0.4) is 0 Å². The van der Waals surface area contributed by atoms with Crippen LogP contribution in [0.2, 0.25) is 0 Å². The highest BCUT2D eigenvalue weighted by Crippen LogP contribution is 2.25. The minimum absolute atomic E-state index is 0.256. The molecule has 25 heavy (non-hydrogen) atoms. The molecule has 0 bridgehead atoms. The number of ether oxygens (including phenoxy) is 2. The van der Waals surface area contributed by atoms with E-state index in [1.165, 1.54) is 0 Å². The minimum Gasteiger partial charge on any atom is -0.494 e. The predicted molar refractivity (Wildman–Crippen MR) is 101 cm³/mol. The van der Waals surface area contributed by atoms with Crippen molar-refractivity contribution in [2.24, 2.45) is 0 Å². The maximum atomic E-state index is 12.5. The molecule has 0 aliphatic heterocycles. The second-order valence-corrected chi connectivity index (χ2v) is 7.59. The van der Waals surface area contributed by atoms with Crippen LogP contribution in [-0.4, -0.2) is 59.3 Å². The third-order valence-electron chi connectivity index (χ3n) is 4.05. The number of benzene rings is 1. The standard InChI is InChI=1S/C18H32N2O4S/c1-6-20(7-2)10-12-23-11-9-19-25(21,22)18-14-15(4)17(24-8-3)13-16(18)5/h13-14,19H,6-12H2,1-5H3. The summed E-state index contributed by atoms with van der Waals surface area (Å²) < 4.78 is 38.6. The Morgan fingerprint density at radius 1 is 1.04 bits per heavy atom. The second kappa shape index (κ2) is 10.8. The van der Waals surface area contributed by atoms with E-state index < -0.39 is 10.0 Å². The monoisotopic (exact) mass is 372 g/mol. The number of likely N-dealkylation sites (N-methyl/N-ethyl adjacent to an activating group) is 1. The Bertz CT molecular complexity index is 628. The van der Waals surface area contributed by atoms with Crippen molar-refractivity contribution in [1.29, 1.82) is 0 Å². The summed E-state index contributed by atoms with van der Waals surface area (Å²) in [7, 11) is -3.55. The zero-order valence-corrected chi connectivity index (χ0v) is 16.9. The molecule has 0 fully saturated rings. The Hall–Kier alpha value is -1.15. The van der Waals surface area contributed by atoms with Gasteiger partial charge in [0.05, 0.1) is 24.7 Å². The summed E-state index contributed by atoms with van der Waals surface area (Å²) >= 11 is 0. The van der Waals surface area contributed by atoms with Crippen molar-refractivity contribution >= 4 is 10.0 Å². The van der Waals surface area contributed by atoms with Crippen LogP contribution in [0.5, 0.6) is 5.75 Å². The molecule has 0 atom stereocenters. The van der Waals surface area contributed by atoms with Gasteiger partial charge in [-0.15, -0.1) is 0 Å². The van der Waals surface area contributed by atoms with Gasteiger partial charge in [-0.2, -0.15) is 0 Å². The molecule has 1 aromatic carbocycles. The molecule has 0 aliphatic carbocycles. The molecular formula is C18H32N2O4S. The molecule has 6 nitrogen and oxygen atoms in total. The van der Waals surface area contributed by atoms with Gasteiger partial charge >= 0.3 is 0 Å². The summed E-state index contributed by atoms with van der Waals surface area (Å²) in [4.78, 5) is 2.55. The van der Waals surface area contributed by atoms with Crippen LogP contribution in [-0.2, 0) is 14.8 Å². The first-order valence-electron chi connectivity index (χ1n) is 8.89. The van der Waals surface area contributed by atoms with Crippen molar-refractivity contribution in [3.63, 3.8) is 0 Å². The van der Waals surface area contributed by atoms with Gasteiger partial charge in [-0.1, -0.05) is 13.8 Å². The Morgan fingerprint density at radius 3 is 2.32 bits per heavy atom. The van der Waals surface area contributed by atoms with Crippen molar-refractivity contribution in [1.82, 2.24) is 9.62 Å². The highest BCUT2D eigenvalue weighted by molar-refractivity contribution is 7.89. The third kappa shape index (κ3) is 6.93. The lowest BCUT2D eigenvalue weighted by atomic mass is 10.1. The lowest BCUT2D eigenvalue weighted by Crippen LogP contribution is -2.30. The fraction of sp³-hybridized carbons (Fsp3) is 0.667. The lowest BCUT2D eigenvalue weighted by molar-refractivity contribution is 0.111. The summed E-state index contributed by atoms with van der Waals surface area (Å²) in [5, 5.41) is 0. The predicted octanol–water partition coefficient (Wildman–Crippen LogP) is 2.34. The van der Waals surface area contributed by atoms with Crippen LogP contribution in [0.25, 0.3) is 0 Å². The van der Waals surface area contributed by atoms with E-state index in [0.717, 1.165) is 30.9 Å². The first-order chi connectivity index (χ1) is 11.9. The smallest absolute Gasteiger partial charge is 0.240 e. The normalized spacial score (nSPS) is 11.9. The molecule has 1 rings (SSSR count). The summed E-state index contributed by atoms with van der Waals surface area (Å²) in [5.41, 5.74) is 1.48. The zero-order chi connectivity index (χ0) is 18.9. The molecule has 0 radical (unpaired) electrons. The van der Waals surface area contributed by atoms with Gasteiger partial charge in [-0.3, -0.25) is 0 Å². The molecule has 0 aliphatic rings. The highest BCUT2D eigenvalue weighted by Gasteiger charge is 2.18. The molecule has 0 spiro atoms. The number of hydrogen-bond acceptors (Lipinski definition) is 5. The number of nitrogens with one attached hydrogen (secondary N) is 1. The van der Waals surface area contributed by atoms with Gasteiger partial charge in [0.15, 0.2) is 0 Å². The Balaban J connectivity index is 2.55. The number of nitrogens with zero attached hydrogens (tertiary/aromatic N) is 1. The molecule has 1 N–H and O–H groups in total. The van der Waals surface area contributed by atoms with Crippen molar-refractivity contribution in [2.45, 2.75) is 39.5 Å². The molecule has 0 saturated heterocycles. The fourth-order valence-electron chi connectivity index (χ4n) is 2.53. The molecule has 7 heteroatoms. The van der Waals surface area contributed by atoms with Gasteiger partial charge in [0, 0.05) is 13.1 Å². The van der Waals surface area contributed by atoms with Crippen molar-refractivity contribution in [3.8, 4) is 5.75 Å². The van der Waals surface area contributed by atoms with Crippen molar-refractivity contribution in [2.75, 3.05) is 46.0 Å². The number of hydrogen-bond donors (Lipinski definition) is 1. The molecule has 0 unspecified atom stereocenters. The quantitative estimate of drug-likeness (QED) is 0.571. The van der Waals surface area contributed by atoms with Crippen molar-refractivity contribution in [3.05, 3.63) is 23.3 Å². The minimum atomic E-state index is -3.55. The zero-order valence-electron chi connectivity index (χ0n) is 16.1. The Labute approximate surface area is 152 Å². The number of rotatable bonds is 12. The van der Waals surface area contributed by atoms with E-state index in [4.69, 9.17) is 9.47 Å². The van der Waals surface area contributed by atoms with Gasteiger partial charge in [-0.25, -0.2) is 13.1 Å². The van der Waals surface area contributed by atoms with Crippen LogP contribution in [0, 0.1) is 13.8 Å². The van der Waals surface area contributed by atoms with E-state index in [1.807, 2.05) is 13.8 Å². The SMILES string of the molecule is CCOc1cc(C)c(S(=O)(=O)NCCOCCN(CC)CC)cc1C. The molecular weight excluding hydrogens is 340 g/mol. The largest absolute Gasteiger partial charge is 0.494 e. The fourth-order valence-corrected chi connectivity index (χ4v) is 3.85. The Morgan fingerprint density at radius 2 is 1.72 bits per heavy atom. The Kier molecular flexibility index (Phi) is 9.42. The van der Waals surface area contributed by atoms with E-state index in [9.17, 15) is 8.42 Å². The van der Waals surface area contributed by atoms with E-state index in [0.29, 0.717) is 25.4 Å². The molecule has 0 amide bonds. The van der Waals surface area contributed by atoms with Crippen LogP contribution < -0.4 is 9.46 Å². The number of aryl methyl sites for hydroxylation is 2. The maximum Gasteiger partial charge on any atom is 0.240 e. The number of sulfonamides is 1. The van der Waals surface area contributed by atoms with Gasteiger partial charge in [0.2, 0.25) is 10.0 Å². The summed E-state index contributed by atoms with van der Waals surface area (Å²) in [5.74, 6) is 0.721. The topological polar surface area (TPSA) is 67.9 Å². The molecule has 0 aromatic heterocycles. The summed E-state index contributed by atoms with van der Waals surface area (Å²) in [6.45, 7) is 14.3. The van der Waals surface area contributed by atoms with Crippen LogP contribution in [0.15, 0.2) is 17.0 Å². The molecule has 0 heterocycles. The highest BCUT2D eigenvalue weighted by atomic mass is 32.2. The second-order valence-electron chi connectivity index (χ2n) is 5.85. The molecule has 1 aromatic rings. The van der Waals surface area contributed by atoms with Crippen LogP contribution in [0.4, 0.5) is 0 Å². The van der Waals surface area contributed by atoms with Gasteiger partial charge in [0.1, 0.15) is 5.75 Å². The van der Waals surface area contributed by atoms with Crippen molar-refractivity contribution < 1.29 is 17.9 Å². The first-order valence-corrected chi connectivity index (χ1v) is 10.4. The average Bonchev–Trinajstić information content (AvgIpc) is 2.57. The first kappa shape index (κ1) is 21.9. The van der Waals surface area contributed by atoms with Gasteiger partial charge < -0.3 is 14.4 Å². The average molecular weight is 373 g/mol. The molecule has 144 valence electrons.